The van der Waals surface area contributed by atoms with Crippen molar-refractivity contribution in [3.8, 4) is 0 Å². The largest absolute Gasteiger partial charge is 0.391 e. The maximum absolute atomic E-state index is 11.8. The van der Waals surface area contributed by atoms with E-state index in [1.807, 2.05) is 13.8 Å². The van der Waals surface area contributed by atoms with Gasteiger partial charge in [-0.05, 0) is 13.0 Å². The molecule has 4 heteroatoms. The number of aliphatic hydroxyl groups is 1. The normalized spacial score (nSPS) is 23.9. The summed E-state index contributed by atoms with van der Waals surface area (Å²) >= 11 is 0. The number of rotatable bonds is 4. The van der Waals surface area contributed by atoms with Crippen LogP contribution >= 0.6 is 0 Å². The van der Waals surface area contributed by atoms with Gasteiger partial charge in [0.1, 0.15) is 0 Å². The Kier molecular flexibility index (Phi) is 4.35. The molecule has 1 amide bonds. The maximum atomic E-state index is 11.8. The van der Waals surface area contributed by atoms with Gasteiger partial charge in [-0.25, -0.2) is 0 Å². The standard InChI is InChI=1S/C10H20N2O2/c1-3-11-6-8(2)10(14)12-5-4-9(13)7-12/h8-9,11,13H,3-7H2,1-2H3/t8?,9-/m1/s1. The molecule has 1 heterocycles. The summed E-state index contributed by atoms with van der Waals surface area (Å²) in [6, 6.07) is 0. The SMILES string of the molecule is CCNCC(C)C(=O)N1CC[C@@H](O)C1. The Morgan fingerprint density at radius 2 is 2.43 bits per heavy atom. The fraction of sp³-hybridized carbons (Fsp3) is 0.900. The molecule has 14 heavy (non-hydrogen) atoms. The van der Waals surface area contributed by atoms with Gasteiger partial charge in [0.15, 0.2) is 0 Å². The van der Waals surface area contributed by atoms with Crippen LogP contribution in [-0.2, 0) is 4.79 Å². The highest BCUT2D eigenvalue weighted by Gasteiger charge is 2.27. The number of carbonyl (C=O) groups is 1. The lowest BCUT2D eigenvalue weighted by Crippen LogP contribution is -2.38. The predicted molar refractivity (Wildman–Crippen MR) is 54.9 cm³/mol. The molecule has 0 saturated carbocycles. The second kappa shape index (κ2) is 5.32. The minimum Gasteiger partial charge on any atom is -0.391 e. The van der Waals surface area contributed by atoms with Crippen molar-refractivity contribution in [2.45, 2.75) is 26.4 Å². The monoisotopic (exact) mass is 200 g/mol. The van der Waals surface area contributed by atoms with Gasteiger partial charge in [-0.3, -0.25) is 4.79 Å². The Hall–Kier alpha value is -0.610. The van der Waals surface area contributed by atoms with Gasteiger partial charge in [0.2, 0.25) is 5.91 Å². The Morgan fingerprint density at radius 1 is 1.71 bits per heavy atom. The average Bonchev–Trinajstić information content (AvgIpc) is 2.60. The summed E-state index contributed by atoms with van der Waals surface area (Å²) < 4.78 is 0. The molecule has 82 valence electrons. The lowest BCUT2D eigenvalue weighted by molar-refractivity contribution is -0.134. The van der Waals surface area contributed by atoms with Crippen LogP contribution in [0.2, 0.25) is 0 Å². The van der Waals surface area contributed by atoms with Crippen molar-refractivity contribution in [2.75, 3.05) is 26.2 Å². The summed E-state index contributed by atoms with van der Waals surface area (Å²) in [5, 5.41) is 12.5. The summed E-state index contributed by atoms with van der Waals surface area (Å²) in [7, 11) is 0. The summed E-state index contributed by atoms with van der Waals surface area (Å²) in [5.41, 5.74) is 0. The van der Waals surface area contributed by atoms with E-state index in [9.17, 15) is 9.90 Å². The molecule has 1 unspecified atom stereocenters. The molecule has 1 aliphatic rings. The first kappa shape index (κ1) is 11.5. The molecule has 0 aromatic carbocycles. The lowest BCUT2D eigenvalue weighted by Gasteiger charge is -2.20. The van der Waals surface area contributed by atoms with Crippen LogP contribution in [0.25, 0.3) is 0 Å². The van der Waals surface area contributed by atoms with Crippen LogP contribution in [0.5, 0.6) is 0 Å². The van der Waals surface area contributed by atoms with Crippen LogP contribution in [0.3, 0.4) is 0 Å². The average molecular weight is 200 g/mol. The van der Waals surface area contributed by atoms with E-state index in [1.165, 1.54) is 0 Å². The van der Waals surface area contributed by atoms with Crippen molar-refractivity contribution >= 4 is 5.91 Å². The fourth-order valence-electron chi connectivity index (χ4n) is 1.70. The number of carbonyl (C=O) groups excluding carboxylic acids is 1. The van der Waals surface area contributed by atoms with E-state index in [4.69, 9.17) is 0 Å². The Balaban J connectivity index is 2.32. The van der Waals surface area contributed by atoms with Gasteiger partial charge in [-0.2, -0.15) is 0 Å². The first-order valence-corrected chi connectivity index (χ1v) is 5.32. The van der Waals surface area contributed by atoms with Crippen LogP contribution in [-0.4, -0.2) is 48.2 Å². The molecule has 2 atom stereocenters. The molecule has 1 aliphatic heterocycles. The van der Waals surface area contributed by atoms with E-state index in [2.05, 4.69) is 5.32 Å². The topological polar surface area (TPSA) is 52.6 Å². The van der Waals surface area contributed by atoms with Gasteiger partial charge < -0.3 is 15.3 Å². The van der Waals surface area contributed by atoms with Crippen molar-refractivity contribution in [3.63, 3.8) is 0 Å². The van der Waals surface area contributed by atoms with Crippen LogP contribution < -0.4 is 5.32 Å². The molecular formula is C10H20N2O2. The molecule has 4 nitrogen and oxygen atoms in total. The maximum Gasteiger partial charge on any atom is 0.226 e. The van der Waals surface area contributed by atoms with Crippen molar-refractivity contribution in [3.05, 3.63) is 0 Å². The minimum atomic E-state index is -0.315. The van der Waals surface area contributed by atoms with Gasteiger partial charge in [-0.15, -0.1) is 0 Å². The Bertz CT molecular complexity index is 197. The van der Waals surface area contributed by atoms with E-state index in [0.29, 0.717) is 13.1 Å². The Morgan fingerprint density at radius 3 is 2.93 bits per heavy atom. The molecule has 1 rings (SSSR count). The molecule has 0 spiro atoms. The minimum absolute atomic E-state index is 0.0141. The first-order valence-electron chi connectivity index (χ1n) is 5.32. The molecule has 0 bridgehead atoms. The summed E-state index contributed by atoms with van der Waals surface area (Å²) in [5.74, 6) is 0.169. The van der Waals surface area contributed by atoms with E-state index >= 15 is 0 Å². The van der Waals surface area contributed by atoms with Crippen LogP contribution in [0, 0.1) is 5.92 Å². The number of hydrogen-bond donors (Lipinski definition) is 2. The third-order valence-electron chi connectivity index (χ3n) is 2.60. The molecule has 1 saturated heterocycles. The van der Waals surface area contributed by atoms with Gasteiger partial charge in [0.05, 0.1) is 6.10 Å². The molecule has 1 fully saturated rings. The van der Waals surface area contributed by atoms with E-state index in [0.717, 1.165) is 19.5 Å². The highest BCUT2D eigenvalue weighted by Crippen LogP contribution is 2.12. The second-order valence-electron chi connectivity index (χ2n) is 3.94. The lowest BCUT2D eigenvalue weighted by atomic mass is 10.1. The van der Waals surface area contributed by atoms with Gasteiger partial charge in [0.25, 0.3) is 0 Å². The van der Waals surface area contributed by atoms with E-state index in [-0.39, 0.29) is 17.9 Å². The highest BCUT2D eigenvalue weighted by molar-refractivity contribution is 5.79. The summed E-state index contributed by atoms with van der Waals surface area (Å²) in [6.45, 7) is 6.78. The number of nitrogens with zero attached hydrogens (tertiary/aromatic N) is 1. The number of nitrogens with one attached hydrogen (secondary N) is 1. The smallest absolute Gasteiger partial charge is 0.226 e. The number of aliphatic hydroxyl groups excluding tert-OH is 1. The highest BCUT2D eigenvalue weighted by atomic mass is 16.3. The number of hydrogen-bond acceptors (Lipinski definition) is 3. The number of amides is 1. The van der Waals surface area contributed by atoms with Crippen LogP contribution in [0.1, 0.15) is 20.3 Å². The van der Waals surface area contributed by atoms with E-state index < -0.39 is 0 Å². The molecular weight excluding hydrogens is 180 g/mol. The number of β-amino-alcohol motifs (C(OH)–C–C–N with tert-alkyl or cyclic N) is 1. The molecule has 0 aliphatic carbocycles. The van der Waals surface area contributed by atoms with Crippen molar-refractivity contribution < 1.29 is 9.90 Å². The van der Waals surface area contributed by atoms with Gasteiger partial charge in [-0.1, -0.05) is 13.8 Å². The zero-order valence-corrected chi connectivity index (χ0v) is 8.99. The van der Waals surface area contributed by atoms with Crippen molar-refractivity contribution in [2.24, 2.45) is 5.92 Å². The third-order valence-corrected chi connectivity index (χ3v) is 2.60. The van der Waals surface area contributed by atoms with Crippen molar-refractivity contribution in [1.82, 2.24) is 10.2 Å². The van der Waals surface area contributed by atoms with Crippen LogP contribution in [0.4, 0.5) is 0 Å². The molecule has 0 radical (unpaired) electrons. The van der Waals surface area contributed by atoms with Crippen LogP contribution in [0.15, 0.2) is 0 Å². The summed E-state index contributed by atoms with van der Waals surface area (Å²) in [6.07, 6.45) is 0.407. The zero-order chi connectivity index (χ0) is 10.6. The van der Waals surface area contributed by atoms with Crippen molar-refractivity contribution in [1.29, 1.82) is 0 Å². The second-order valence-corrected chi connectivity index (χ2v) is 3.94. The third kappa shape index (κ3) is 2.96. The first-order chi connectivity index (χ1) is 6.65. The summed E-state index contributed by atoms with van der Waals surface area (Å²) in [4.78, 5) is 13.5. The van der Waals surface area contributed by atoms with E-state index in [1.54, 1.807) is 4.90 Å². The Labute approximate surface area is 85.3 Å². The molecule has 0 aromatic rings. The quantitative estimate of drug-likeness (QED) is 0.662. The zero-order valence-electron chi connectivity index (χ0n) is 8.99. The van der Waals surface area contributed by atoms with Gasteiger partial charge in [0, 0.05) is 25.6 Å². The fourth-order valence-corrected chi connectivity index (χ4v) is 1.70. The molecule has 2 N–H and O–H groups in total. The number of likely N-dealkylation sites (tertiary alicyclic amines) is 1. The predicted octanol–water partition coefficient (Wildman–Crippen LogP) is -0.175. The molecule has 0 aromatic heterocycles. The van der Waals surface area contributed by atoms with Gasteiger partial charge >= 0.3 is 0 Å².